The average molecular weight is 259 g/mol. The first-order valence-electron chi connectivity index (χ1n) is 4.85. The van der Waals surface area contributed by atoms with Crippen molar-refractivity contribution < 1.29 is 9.84 Å². The molecule has 1 atom stereocenters. The first-order valence-corrected chi connectivity index (χ1v) is 5.64. The first-order chi connectivity index (χ1) is 6.77. The third kappa shape index (κ3) is 3.00. The van der Waals surface area contributed by atoms with Gasteiger partial charge in [0.2, 0.25) is 0 Å². The molecule has 0 radical (unpaired) electrons. The molecule has 1 fully saturated rings. The van der Waals surface area contributed by atoms with Gasteiger partial charge in [0.05, 0.1) is 17.2 Å². The minimum Gasteiger partial charge on any atom is -0.506 e. The molecule has 1 aromatic rings. The summed E-state index contributed by atoms with van der Waals surface area (Å²) >= 11 is 3.27. The van der Waals surface area contributed by atoms with E-state index in [1.165, 1.54) is 0 Å². The molecular formula is C11H15BrO2. The van der Waals surface area contributed by atoms with Gasteiger partial charge < -0.3 is 9.84 Å². The highest BCUT2D eigenvalue weighted by Crippen LogP contribution is 2.30. The van der Waals surface area contributed by atoms with Gasteiger partial charge in [0.1, 0.15) is 5.75 Å². The van der Waals surface area contributed by atoms with Gasteiger partial charge in [-0.2, -0.15) is 0 Å². The summed E-state index contributed by atoms with van der Waals surface area (Å²) in [7, 11) is 0. The van der Waals surface area contributed by atoms with E-state index < -0.39 is 0 Å². The van der Waals surface area contributed by atoms with Gasteiger partial charge in [-0.25, -0.2) is 0 Å². The lowest BCUT2D eigenvalue weighted by molar-refractivity contribution is 0.401. The van der Waals surface area contributed by atoms with E-state index in [0.717, 1.165) is 23.1 Å². The second kappa shape index (κ2) is 5.37. The molecule has 0 saturated carbocycles. The molecular weight excluding hydrogens is 244 g/mol. The maximum Gasteiger partial charge on any atom is 0.133 e. The van der Waals surface area contributed by atoms with Crippen LogP contribution in [0.3, 0.4) is 0 Å². The van der Waals surface area contributed by atoms with Crippen molar-refractivity contribution in [1.29, 1.82) is 0 Å². The van der Waals surface area contributed by atoms with E-state index in [4.69, 9.17) is 4.74 Å². The van der Waals surface area contributed by atoms with Gasteiger partial charge >= 0.3 is 0 Å². The Kier molecular flexibility index (Phi) is 4.42. The Bertz CT molecular complexity index is 295. The number of halogens is 1. The fourth-order valence-corrected chi connectivity index (χ4v) is 1.56. The number of aromatic hydroxyl groups is 1. The fraction of sp³-hybridized carbons (Fsp3) is 0.455. The molecule has 1 aromatic carbocycles. The number of epoxide rings is 1. The van der Waals surface area contributed by atoms with Crippen molar-refractivity contribution in [2.24, 2.45) is 0 Å². The zero-order valence-electron chi connectivity index (χ0n) is 8.46. The predicted octanol–water partition coefficient (Wildman–Crippen LogP) is 3.12. The number of hydrogen-bond donors (Lipinski definition) is 1. The van der Waals surface area contributed by atoms with Gasteiger partial charge in [-0.3, -0.25) is 0 Å². The number of ether oxygens (including phenoxy) is 1. The Morgan fingerprint density at radius 3 is 2.71 bits per heavy atom. The largest absolute Gasteiger partial charge is 0.506 e. The Hall–Kier alpha value is -0.540. The lowest BCUT2D eigenvalue weighted by Crippen LogP contribution is -1.93. The standard InChI is InChI=1S/C9H9BrO2.C2H6/c10-8-3-1-2-6(9(8)11)4-7-5-12-7;1-2/h1-3,7,11H,4-5H2;1-2H3. The molecule has 1 aliphatic heterocycles. The van der Waals surface area contributed by atoms with Crippen molar-refractivity contribution in [2.75, 3.05) is 6.61 Å². The van der Waals surface area contributed by atoms with Crippen LogP contribution in [0.4, 0.5) is 0 Å². The van der Waals surface area contributed by atoms with Crippen LogP contribution in [0.25, 0.3) is 0 Å². The number of phenols is 1. The lowest BCUT2D eigenvalue weighted by atomic mass is 10.1. The van der Waals surface area contributed by atoms with Gasteiger partial charge in [0.25, 0.3) is 0 Å². The van der Waals surface area contributed by atoms with Crippen LogP contribution in [0, 0.1) is 0 Å². The van der Waals surface area contributed by atoms with Gasteiger partial charge in [0, 0.05) is 6.42 Å². The van der Waals surface area contributed by atoms with Crippen LogP contribution in [0.5, 0.6) is 5.75 Å². The maximum atomic E-state index is 9.57. The molecule has 1 aliphatic rings. The summed E-state index contributed by atoms with van der Waals surface area (Å²) in [6.45, 7) is 4.83. The SMILES string of the molecule is CC.Oc1c(Br)cccc1CC1CO1. The van der Waals surface area contributed by atoms with Gasteiger partial charge in [0.15, 0.2) is 0 Å². The minimum absolute atomic E-state index is 0.324. The molecule has 0 bridgehead atoms. The van der Waals surface area contributed by atoms with Crippen molar-refractivity contribution in [1.82, 2.24) is 0 Å². The molecule has 1 N–H and O–H groups in total. The van der Waals surface area contributed by atoms with Crippen LogP contribution < -0.4 is 0 Å². The third-order valence-corrected chi connectivity index (χ3v) is 2.56. The summed E-state index contributed by atoms with van der Waals surface area (Å²) in [5.41, 5.74) is 0.951. The van der Waals surface area contributed by atoms with Crippen LogP contribution in [0.15, 0.2) is 22.7 Å². The molecule has 1 saturated heterocycles. The number of benzene rings is 1. The highest BCUT2D eigenvalue weighted by Gasteiger charge is 2.24. The minimum atomic E-state index is 0.324. The van der Waals surface area contributed by atoms with Crippen molar-refractivity contribution in [3.8, 4) is 5.75 Å². The molecule has 3 heteroatoms. The van der Waals surface area contributed by atoms with Crippen LogP contribution in [-0.2, 0) is 11.2 Å². The highest BCUT2D eigenvalue weighted by molar-refractivity contribution is 9.10. The van der Waals surface area contributed by atoms with E-state index in [1.54, 1.807) is 0 Å². The van der Waals surface area contributed by atoms with Crippen LogP contribution in [-0.4, -0.2) is 17.8 Å². The summed E-state index contributed by atoms with van der Waals surface area (Å²) in [4.78, 5) is 0. The normalized spacial score (nSPS) is 18.4. The monoisotopic (exact) mass is 258 g/mol. The quantitative estimate of drug-likeness (QED) is 0.827. The number of hydrogen-bond acceptors (Lipinski definition) is 2. The number of phenolic OH excluding ortho intramolecular Hbond substituents is 1. The summed E-state index contributed by atoms with van der Waals surface area (Å²) < 4.78 is 5.83. The topological polar surface area (TPSA) is 32.8 Å². The molecule has 1 heterocycles. The molecule has 0 aromatic heterocycles. The second-order valence-corrected chi connectivity index (χ2v) is 3.76. The first kappa shape index (κ1) is 11.5. The zero-order chi connectivity index (χ0) is 10.6. The van der Waals surface area contributed by atoms with Crippen LogP contribution in [0.2, 0.25) is 0 Å². The van der Waals surface area contributed by atoms with E-state index >= 15 is 0 Å². The molecule has 14 heavy (non-hydrogen) atoms. The Morgan fingerprint density at radius 2 is 2.14 bits per heavy atom. The molecule has 2 rings (SSSR count). The number of rotatable bonds is 2. The molecule has 2 nitrogen and oxygen atoms in total. The van der Waals surface area contributed by atoms with E-state index in [1.807, 2.05) is 32.0 Å². The predicted molar refractivity (Wildman–Crippen MR) is 60.6 cm³/mol. The van der Waals surface area contributed by atoms with Gasteiger partial charge in [-0.05, 0) is 27.6 Å². The van der Waals surface area contributed by atoms with Crippen LogP contribution in [0.1, 0.15) is 19.4 Å². The summed E-state index contributed by atoms with van der Waals surface area (Å²) in [5, 5.41) is 9.57. The number of para-hydroxylation sites is 1. The van der Waals surface area contributed by atoms with Crippen molar-refractivity contribution in [3.05, 3.63) is 28.2 Å². The molecule has 1 unspecified atom stereocenters. The van der Waals surface area contributed by atoms with E-state index in [9.17, 15) is 5.11 Å². The van der Waals surface area contributed by atoms with Gasteiger partial charge in [-0.1, -0.05) is 26.0 Å². The van der Waals surface area contributed by atoms with E-state index in [-0.39, 0.29) is 0 Å². The van der Waals surface area contributed by atoms with Crippen LogP contribution >= 0.6 is 15.9 Å². The van der Waals surface area contributed by atoms with Crippen molar-refractivity contribution >= 4 is 15.9 Å². The Balaban J connectivity index is 0.000000461. The van der Waals surface area contributed by atoms with Crippen molar-refractivity contribution in [3.63, 3.8) is 0 Å². The van der Waals surface area contributed by atoms with Crippen molar-refractivity contribution in [2.45, 2.75) is 26.4 Å². The fourth-order valence-electron chi connectivity index (χ4n) is 1.16. The Morgan fingerprint density at radius 1 is 1.50 bits per heavy atom. The third-order valence-electron chi connectivity index (χ3n) is 1.92. The highest BCUT2D eigenvalue weighted by atomic mass is 79.9. The molecule has 0 spiro atoms. The molecule has 78 valence electrons. The second-order valence-electron chi connectivity index (χ2n) is 2.91. The average Bonchev–Trinajstić information content (AvgIpc) is 3.00. The summed E-state index contributed by atoms with van der Waals surface area (Å²) in [5.74, 6) is 0.341. The van der Waals surface area contributed by atoms with Gasteiger partial charge in [-0.15, -0.1) is 0 Å². The Labute approximate surface area is 93.0 Å². The zero-order valence-corrected chi connectivity index (χ0v) is 10.0. The lowest BCUT2D eigenvalue weighted by Gasteiger charge is -2.03. The smallest absolute Gasteiger partial charge is 0.133 e. The van der Waals surface area contributed by atoms with E-state index in [2.05, 4.69) is 15.9 Å². The summed E-state index contributed by atoms with van der Waals surface area (Å²) in [6, 6.07) is 5.66. The molecule has 0 aliphatic carbocycles. The molecule has 0 amide bonds. The van der Waals surface area contributed by atoms with E-state index in [0.29, 0.717) is 11.9 Å². The maximum absolute atomic E-state index is 9.57. The summed E-state index contributed by atoms with van der Waals surface area (Å²) in [6.07, 6.45) is 1.14.